The molecule has 0 aromatic carbocycles. The molecule has 1 saturated heterocycles. The van der Waals surface area contributed by atoms with E-state index < -0.39 is 0 Å². The summed E-state index contributed by atoms with van der Waals surface area (Å²) in [5, 5.41) is 4.52. The lowest BCUT2D eigenvalue weighted by atomic mass is 9.91. The predicted molar refractivity (Wildman–Crippen MR) is 61.7 cm³/mol. The zero-order chi connectivity index (χ0) is 10.0. The van der Waals surface area contributed by atoms with Gasteiger partial charge in [0.15, 0.2) is 0 Å². The van der Waals surface area contributed by atoms with Gasteiger partial charge in [0.05, 0.1) is 11.0 Å². The van der Waals surface area contributed by atoms with Crippen molar-refractivity contribution >= 4 is 11.8 Å². The van der Waals surface area contributed by atoms with Crippen molar-refractivity contribution in [3.05, 3.63) is 0 Å². The first kappa shape index (κ1) is 10.8. The summed E-state index contributed by atoms with van der Waals surface area (Å²) in [5.41, 5.74) is 0. The highest BCUT2D eigenvalue weighted by atomic mass is 32.2. The van der Waals surface area contributed by atoms with E-state index in [1.54, 1.807) is 0 Å². The van der Waals surface area contributed by atoms with Crippen LogP contribution in [0.3, 0.4) is 0 Å². The lowest BCUT2D eigenvalue weighted by Gasteiger charge is -2.45. The van der Waals surface area contributed by atoms with Gasteiger partial charge in [-0.05, 0) is 32.2 Å². The van der Waals surface area contributed by atoms with Crippen LogP contribution in [0.4, 0.5) is 0 Å². The number of rotatable bonds is 1. The normalized spacial score (nSPS) is 44.1. The van der Waals surface area contributed by atoms with Crippen LogP contribution in [0, 0.1) is 0 Å². The Labute approximate surface area is 91.2 Å². The molecule has 2 rings (SSSR count). The smallest absolute Gasteiger partial charge is 0.0672 e. The first-order valence-electron chi connectivity index (χ1n) is 5.70. The second kappa shape index (κ2) is 4.42. The van der Waals surface area contributed by atoms with Crippen LogP contribution in [0.25, 0.3) is 0 Å². The van der Waals surface area contributed by atoms with Crippen molar-refractivity contribution in [3.8, 4) is 0 Å². The Morgan fingerprint density at radius 2 is 2.29 bits per heavy atom. The van der Waals surface area contributed by atoms with Crippen LogP contribution in [0.5, 0.6) is 0 Å². The highest BCUT2D eigenvalue weighted by molar-refractivity contribution is 8.01. The monoisotopic (exact) mass is 215 g/mol. The molecule has 2 aliphatic rings. The topological polar surface area (TPSA) is 21.3 Å². The van der Waals surface area contributed by atoms with E-state index in [2.05, 4.69) is 24.0 Å². The van der Waals surface area contributed by atoms with Gasteiger partial charge >= 0.3 is 0 Å². The quantitative estimate of drug-likeness (QED) is 0.725. The highest BCUT2D eigenvalue weighted by Crippen LogP contribution is 2.43. The second-order valence-electron chi connectivity index (χ2n) is 4.59. The maximum absolute atomic E-state index is 5.50. The Morgan fingerprint density at radius 3 is 3.00 bits per heavy atom. The molecule has 3 heteroatoms. The summed E-state index contributed by atoms with van der Waals surface area (Å²) in [7, 11) is 1.85. The van der Waals surface area contributed by atoms with Crippen molar-refractivity contribution in [2.45, 2.75) is 55.3 Å². The molecule has 0 aromatic heterocycles. The van der Waals surface area contributed by atoms with Crippen molar-refractivity contribution in [1.29, 1.82) is 0 Å². The SMILES string of the molecule is COC1CCCC2(C1)NCCC(C)S2. The van der Waals surface area contributed by atoms with Crippen molar-refractivity contribution in [2.24, 2.45) is 0 Å². The van der Waals surface area contributed by atoms with Gasteiger partial charge < -0.3 is 10.1 Å². The summed E-state index contributed by atoms with van der Waals surface area (Å²) < 4.78 is 5.50. The van der Waals surface area contributed by atoms with Crippen LogP contribution in [0.15, 0.2) is 0 Å². The van der Waals surface area contributed by atoms with Gasteiger partial charge in [0.1, 0.15) is 0 Å². The van der Waals surface area contributed by atoms with E-state index in [1.807, 2.05) is 7.11 Å². The Bertz CT molecular complexity index is 196. The lowest BCUT2D eigenvalue weighted by molar-refractivity contribution is 0.0515. The van der Waals surface area contributed by atoms with Gasteiger partial charge in [0, 0.05) is 18.8 Å². The van der Waals surface area contributed by atoms with Crippen LogP contribution in [0.2, 0.25) is 0 Å². The molecule has 1 spiro atoms. The van der Waals surface area contributed by atoms with Crippen molar-refractivity contribution in [2.75, 3.05) is 13.7 Å². The molecule has 1 aliphatic carbocycles. The van der Waals surface area contributed by atoms with E-state index in [9.17, 15) is 0 Å². The van der Waals surface area contributed by atoms with Gasteiger partial charge in [-0.1, -0.05) is 6.92 Å². The average molecular weight is 215 g/mol. The number of nitrogens with one attached hydrogen (secondary N) is 1. The minimum absolute atomic E-state index is 0.344. The Hall–Kier alpha value is 0.270. The van der Waals surface area contributed by atoms with Gasteiger partial charge in [-0.25, -0.2) is 0 Å². The summed E-state index contributed by atoms with van der Waals surface area (Å²) >= 11 is 2.14. The van der Waals surface area contributed by atoms with E-state index in [-0.39, 0.29) is 0 Å². The van der Waals surface area contributed by atoms with E-state index in [0.717, 1.165) is 5.25 Å². The van der Waals surface area contributed by atoms with E-state index in [0.29, 0.717) is 11.0 Å². The molecule has 1 saturated carbocycles. The van der Waals surface area contributed by atoms with Crippen LogP contribution in [-0.4, -0.2) is 29.9 Å². The molecule has 3 unspecified atom stereocenters. The van der Waals surface area contributed by atoms with Crippen LogP contribution in [0.1, 0.15) is 39.0 Å². The molecular formula is C11H21NOS. The zero-order valence-corrected chi connectivity index (χ0v) is 10.0. The maximum Gasteiger partial charge on any atom is 0.0672 e. The first-order valence-corrected chi connectivity index (χ1v) is 6.58. The van der Waals surface area contributed by atoms with Gasteiger partial charge in [0.25, 0.3) is 0 Å². The Balaban J connectivity index is 1.99. The fourth-order valence-corrected chi connectivity index (χ4v) is 4.38. The van der Waals surface area contributed by atoms with E-state index in [1.165, 1.54) is 38.6 Å². The molecule has 1 aliphatic heterocycles. The van der Waals surface area contributed by atoms with Crippen molar-refractivity contribution < 1.29 is 4.74 Å². The first-order chi connectivity index (χ1) is 6.74. The zero-order valence-electron chi connectivity index (χ0n) is 9.21. The molecule has 2 fully saturated rings. The molecule has 0 radical (unpaired) electrons. The van der Waals surface area contributed by atoms with Crippen LogP contribution in [-0.2, 0) is 4.74 Å². The number of methoxy groups -OCH3 is 1. The van der Waals surface area contributed by atoms with Crippen molar-refractivity contribution in [1.82, 2.24) is 5.32 Å². The highest BCUT2D eigenvalue weighted by Gasteiger charge is 2.39. The van der Waals surface area contributed by atoms with Gasteiger partial charge in [-0.2, -0.15) is 0 Å². The Morgan fingerprint density at radius 1 is 1.43 bits per heavy atom. The van der Waals surface area contributed by atoms with E-state index in [4.69, 9.17) is 4.74 Å². The molecule has 3 atom stereocenters. The summed E-state index contributed by atoms with van der Waals surface area (Å²) in [6.07, 6.45) is 6.86. The average Bonchev–Trinajstić information content (AvgIpc) is 2.17. The Kier molecular flexibility index (Phi) is 3.40. The second-order valence-corrected chi connectivity index (χ2v) is 6.41. The van der Waals surface area contributed by atoms with E-state index >= 15 is 0 Å². The largest absolute Gasteiger partial charge is 0.381 e. The van der Waals surface area contributed by atoms with Gasteiger partial charge in [-0.15, -0.1) is 11.8 Å². The third-order valence-corrected chi connectivity index (χ3v) is 5.03. The van der Waals surface area contributed by atoms with Gasteiger partial charge in [-0.3, -0.25) is 0 Å². The van der Waals surface area contributed by atoms with Crippen molar-refractivity contribution in [3.63, 3.8) is 0 Å². The fraction of sp³-hybridized carbons (Fsp3) is 1.00. The number of thioether (sulfide) groups is 1. The molecule has 82 valence electrons. The standard InChI is InChI=1S/C11H21NOS/c1-9-5-7-12-11(14-9)6-3-4-10(8-11)13-2/h9-10,12H,3-8H2,1-2H3. The number of hydrogen-bond donors (Lipinski definition) is 1. The molecule has 0 bridgehead atoms. The molecule has 0 amide bonds. The molecule has 14 heavy (non-hydrogen) atoms. The number of hydrogen-bond acceptors (Lipinski definition) is 3. The third-order valence-electron chi connectivity index (χ3n) is 3.42. The third kappa shape index (κ3) is 2.26. The maximum atomic E-state index is 5.50. The van der Waals surface area contributed by atoms with Crippen LogP contribution < -0.4 is 5.32 Å². The summed E-state index contributed by atoms with van der Waals surface area (Å²) in [4.78, 5) is 0.344. The number of ether oxygens (including phenoxy) is 1. The summed E-state index contributed by atoms with van der Waals surface area (Å²) in [6, 6.07) is 0. The van der Waals surface area contributed by atoms with Gasteiger partial charge in [0.2, 0.25) is 0 Å². The molecule has 1 heterocycles. The molecule has 0 aromatic rings. The van der Waals surface area contributed by atoms with Crippen LogP contribution >= 0.6 is 11.8 Å². The molecular weight excluding hydrogens is 194 g/mol. The lowest BCUT2D eigenvalue weighted by Crippen LogP contribution is -2.52. The summed E-state index contributed by atoms with van der Waals surface area (Å²) in [5.74, 6) is 0. The predicted octanol–water partition coefficient (Wildman–Crippen LogP) is 2.39. The molecule has 1 N–H and O–H groups in total. The summed E-state index contributed by atoms with van der Waals surface area (Å²) in [6.45, 7) is 3.54. The minimum atomic E-state index is 0.344. The fourth-order valence-electron chi connectivity index (χ4n) is 2.64. The minimum Gasteiger partial charge on any atom is -0.381 e. The molecule has 2 nitrogen and oxygen atoms in total.